The van der Waals surface area contributed by atoms with Crippen molar-refractivity contribution in [3.63, 3.8) is 0 Å². The van der Waals surface area contributed by atoms with E-state index >= 15 is 0 Å². The maximum absolute atomic E-state index is 11.4. The van der Waals surface area contributed by atoms with Gasteiger partial charge < -0.3 is 0 Å². The van der Waals surface area contributed by atoms with Gasteiger partial charge in [-0.1, -0.05) is 17.3 Å². The third-order valence-electron chi connectivity index (χ3n) is 2.21. The van der Waals surface area contributed by atoms with Crippen molar-refractivity contribution in [1.29, 1.82) is 0 Å². The van der Waals surface area contributed by atoms with Crippen LogP contribution in [0.25, 0.3) is 11.3 Å². The van der Waals surface area contributed by atoms with Gasteiger partial charge >= 0.3 is 0 Å². The lowest BCUT2D eigenvalue weighted by Crippen LogP contribution is -2.14. The summed E-state index contributed by atoms with van der Waals surface area (Å²) in [4.78, 5) is 0.0569. The summed E-state index contributed by atoms with van der Waals surface area (Å²) in [5.41, 5.74) is 1.72. The summed E-state index contributed by atoms with van der Waals surface area (Å²) < 4.78 is 22.8. The van der Waals surface area contributed by atoms with Gasteiger partial charge in [-0.15, -0.1) is 5.10 Å². The molecule has 0 bridgehead atoms. The fourth-order valence-electron chi connectivity index (χ4n) is 1.53. The molecule has 0 amide bonds. The molecule has 2 rings (SSSR count). The van der Waals surface area contributed by atoms with E-state index in [0.717, 1.165) is 5.56 Å². The van der Waals surface area contributed by atoms with Gasteiger partial charge in [-0.05, 0) is 18.6 Å². The lowest BCUT2D eigenvalue weighted by Gasteiger charge is -2.07. The number of nitrogens with zero attached hydrogens (tertiary/aromatic N) is 2. The van der Waals surface area contributed by atoms with Gasteiger partial charge in [-0.25, -0.2) is 13.6 Å². The third kappa shape index (κ3) is 1.82. The third-order valence-corrected chi connectivity index (χ3v) is 3.17. The maximum atomic E-state index is 11.4. The van der Waals surface area contributed by atoms with Crippen molar-refractivity contribution >= 4 is 10.0 Å². The van der Waals surface area contributed by atoms with Crippen molar-refractivity contribution in [3.05, 3.63) is 30.0 Å². The summed E-state index contributed by atoms with van der Waals surface area (Å²) in [6, 6.07) is 4.88. The van der Waals surface area contributed by atoms with Crippen LogP contribution in [0.4, 0.5) is 0 Å². The fraction of sp³-hybridized carbons (Fsp3) is 0.111. The largest absolute Gasteiger partial charge is 0.265 e. The van der Waals surface area contributed by atoms with Gasteiger partial charge in [0, 0.05) is 5.56 Å². The molecular weight excluding hydrogens is 228 g/mol. The van der Waals surface area contributed by atoms with Crippen LogP contribution in [0.1, 0.15) is 5.56 Å². The van der Waals surface area contributed by atoms with Crippen LogP contribution < -0.4 is 5.14 Å². The highest BCUT2D eigenvalue weighted by molar-refractivity contribution is 7.89. The number of hydrogen-bond acceptors (Lipinski definition) is 4. The van der Waals surface area contributed by atoms with Gasteiger partial charge in [0.25, 0.3) is 0 Å². The predicted molar refractivity (Wildman–Crippen MR) is 57.9 cm³/mol. The van der Waals surface area contributed by atoms with Crippen LogP contribution >= 0.6 is 0 Å². The van der Waals surface area contributed by atoms with E-state index in [1.165, 1.54) is 12.3 Å². The lowest BCUT2D eigenvalue weighted by molar-refractivity contribution is 0.598. The second kappa shape index (κ2) is 3.69. The van der Waals surface area contributed by atoms with Gasteiger partial charge in [-0.2, -0.15) is 0 Å². The van der Waals surface area contributed by atoms with Crippen molar-refractivity contribution in [2.75, 3.05) is 0 Å². The van der Waals surface area contributed by atoms with Crippen molar-refractivity contribution in [1.82, 2.24) is 15.4 Å². The second-order valence-corrected chi connectivity index (χ2v) is 4.88. The summed E-state index contributed by atoms with van der Waals surface area (Å²) >= 11 is 0. The molecule has 16 heavy (non-hydrogen) atoms. The van der Waals surface area contributed by atoms with E-state index in [2.05, 4.69) is 15.4 Å². The Labute approximate surface area is 92.5 Å². The number of primary sulfonamides is 1. The van der Waals surface area contributed by atoms with Crippen LogP contribution in [0.2, 0.25) is 0 Å². The molecule has 84 valence electrons. The molecule has 7 heteroatoms. The summed E-state index contributed by atoms with van der Waals surface area (Å²) in [7, 11) is -3.76. The van der Waals surface area contributed by atoms with E-state index in [4.69, 9.17) is 5.14 Å². The maximum Gasteiger partial charge on any atom is 0.238 e. The standard InChI is InChI=1S/C9H10N4O2S/c1-6-3-2-4-8(16(10,14)15)9(6)7-5-11-13-12-7/h2-5H,1H3,(H2,10,14,15)(H,11,12,13). The zero-order valence-electron chi connectivity index (χ0n) is 8.51. The topological polar surface area (TPSA) is 102 Å². The Balaban J connectivity index is 2.78. The number of aryl methyl sites for hydroxylation is 1. The van der Waals surface area contributed by atoms with Crippen molar-refractivity contribution in [2.24, 2.45) is 5.14 Å². The van der Waals surface area contributed by atoms with Crippen molar-refractivity contribution in [2.45, 2.75) is 11.8 Å². The normalized spacial score (nSPS) is 11.6. The average Bonchev–Trinajstić information content (AvgIpc) is 2.68. The number of nitrogens with two attached hydrogens (primary N) is 1. The van der Waals surface area contributed by atoms with Gasteiger partial charge in [0.05, 0.1) is 11.1 Å². The van der Waals surface area contributed by atoms with E-state index in [0.29, 0.717) is 11.3 Å². The van der Waals surface area contributed by atoms with Crippen LogP contribution in [0, 0.1) is 6.92 Å². The molecule has 0 unspecified atom stereocenters. The quantitative estimate of drug-likeness (QED) is 0.791. The average molecular weight is 238 g/mol. The summed E-state index contributed by atoms with van der Waals surface area (Å²) in [5.74, 6) is 0. The van der Waals surface area contributed by atoms with Gasteiger partial charge in [-0.3, -0.25) is 5.10 Å². The van der Waals surface area contributed by atoms with Gasteiger partial charge in [0.1, 0.15) is 5.69 Å². The Morgan fingerprint density at radius 2 is 2.12 bits per heavy atom. The van der Waals surface area contributed by atoms with E-state index in [9.17, 15) is 8.42 Å². The first-order valence-electron chi connectivity index (χ1n) is 4.49. The van der Waals surface area contributed by atoms with E-state index in [1.54, 1.807) is 19.1 Å². The van der Waals surface area contributed by atoms with Crippen molar-refractivity contribution < 1.29 is 8.42 Å². The van der Waals surface area contributed by atoms with Crippen LogP contribution in [0.3, 0.4) is 0 Å². The zero-order chi connectivity index (χ0) is 11.8. The highest BCUT2D eigenvalue weighted by Gasteiger charge is 2.18. The Bertz CT molecular complexity index is 604. The molecule has 6 nitrogen and oxygen atoms in total. The molecule has 0 aliphatic heterocycles. The minimum atomic E-state index is -3.76. The molecule has 0 aliphatic carbocycles. The Hall–Kier alpha value is -1.73. The summed E-state index contributed by atoms with van der Waals surface area (Å²) in [6.07, 6.45) is 1.52. The Morgan fingerprint density at radius 3 is 2.69 bits per heavy atom. The first-order valence-corrected chi connectivity index (χ1v) is 6.04. The number of aromatic amines is 1. The SMILES string of the molecule is Cc1cccc(S(N)(=O)=O)c1-c1c[nH]nn1. The van der Waals surface area contributed by atoms with Gasteiger partial charge in [0.2, 0.25) is 10.0 Å². The molecule has 0 saturated heterocycles. The molecular formula is C9H10N4O2S. The Morgan fingerprint density at radius 1 is 1.38 bits per heavy atom. The first kappa shape index (κ1) is 10.8. The molecule has 3 N–H and O–H groups in total. The molecule has 0 fully saturated rings. The highest BCUT2D eigenvalue weighted by Crippen LogP contribution is 2.27. The fourth-order valence-corrected chi connectivity index (χ4v) is 2.35. The van der Waals surface area contributed by atoms with E-state index in [1.807, 2.05) is 0 Å². The molecule has 0 atom stereocenters. The number of benzene rings is 1. The number of hydrogen-bond donors (Lipinski definition) is 2. The molecule has 1 aromatic carbocycles. The molecule has 0 saturated carbocycles. The minimum absolute atomic E-state index is 0.0569. The minimum Gasteiger partial charge on any atom is -0.265 e. The number of rotatable bonds is 2. The second-order valence-electron chi connectivity index (χ2n) is 3.35. The van der Waals surface area contributed by atoms with E-state index < -0.39 is 10.0 Å². The molecule has 2 aromatic rings. The van der Waals surface area contributed by atoms with Crippen molar-refractivity contribution in [3.8, 4) is 11.3 Å². The number of sulfonamides is 1. The molecule has 1 heterocycles. The summed E-state index contributed by atoms with van der Waals surface area (Å²) in [6.45, 7) is 1.79. The molecule has 0 aliphatic rings. The highest BCUT2D eigenvalue weighted by atomic mass is 32.2. The number of H-pyrrole nitrogens is 1. The van der Waals surface area contributed by atoms with Gasteiger partial charge in [0.15, 0.2) is 0 Å². The molecule has 0 spiro atoms. The predicted octanol–water partition coefficient (Wildman–Crippen LogP) is 0.428. The smallest absolute Gasteiger partial charge is 0.238 e. The van der Waals surface area contributed by atoms with Crippen LogP contribution in [-0.4, -0.2) is 23.8 Å². The number of nitrogens with one attached hydrogen (secondary N) is 1. The molecule has 1 aromatic heterocycles. The Kier molecular flexibility index (Phi) is 2.49. The zero-order valence-corrected chi connectivity index (χ0v) is 9.32. The van der Waals surface area contributed by atoms with E-state index in [-0.39, 0.29) is 4.90 Å². The lowest BCUT2D eigenvalue weighted by atomic mass is 10.1. The molecule has 0 radical (unpaired) electrons. The monoisotopic (exact) mass is 238 g/mol. The van der Waals surface area contributed by atoms with Crippen LogP contribution in [-0.2, 0) is 10.0 Å². The van der Waals surface area contributed by atoms with Crippen LogP contribution in [0.5, 0.6) is 0 Å². The summed E-state index contributed by atoms with van der Waals surface area (Å²) in [5, 5.41) is 15.0. The van der Waals surface area contributed by atoms with Crippen LogP contribution in [0.15, 0.2) is 29.3 Å². The number of aromatic nitrogens is 3. The first-order chi connectivity index (χ1) is 7.50.